The number of nitrogen functional groups attached to an aromatic ring is 1. The summed E-state index contributed by atoms with van der Waals surface area (Å²) < 4.78 is 14.8. The highest BCUT2D eigenvalue weighted by Crippen LogP contribution is 2.20. The van der Waals surface area contributed by atoms with Gasteiger partial charge >= 0.3 is 0 Å². The highest BCUT2D eigenvalue weighted by Gasteiger charge is 2.12. The van der Waals surface area contributed by atoms with Gasteiger partial charge in [0.1, 0.15) is 17.2 Å². The lowest BCUT2D eigenvalue weighted by molar-refractivity contribution is 0.626. The SMILES string of the molecule is N=C(N)c1cc(F)ccc1-n1nnc2ccccc21. The van der Waals surface area contributed by atoms with Gasteiger partial charge in [0.2, 0.25) is 0 Å². The predicted octanol–water partition coefficient (Wildman–Crippen LogP) is 1.84. The van der Waals surface area contributed by atoms with Gasteiger partial charge in [0, 0.05) is 5.56 Å². The van der Waals surface area contributed by atoms with E-state index in [2.05, 4.69) is 10.3 Å². The Morgan fingerprint density at radius 1 is 1.21 bits per heavy atom. The van der Waals surface area contributed by atoms with Crippen molar-refractivity contribution in [2.45, 2.75) is 0 Å². The predicted molar refractivity (Wildman–Crippen MR) is 69.8 cm³/mol. The van der Waals surface area contributed by atoms with Gasteiger partial charge in [-0.25, -0.2) is 9.07 Å². The summed E-state index contributed by atoms with van der Waals surface area (Å²) in [5.74, 6) is -0.660. The Bertz CT molecular complexity index is 778. The Morgan fingerprint density at radius 3 is 2.79 bits per heavy atom. The molecule has 0 aliphatic heterocycles. The average molecular weight is 255 g/mol. The van der Waals surface area contributed by atoms with Gasteiger partial charge in [-0.2, -0.15) is 0 Å². The Morgan fingerprint density at radius 2 is 2.00 bits per heavy atom. The first kappa shape index (κ1) is 11.3. The molecule has 0 spiro atoms. The van der Waals surface area contributed by atoms with Crippen LogP contribution in [0.25, 0.3) is 16.7 Å². The van der Waals surface area contributed by atoms with E-state index in [-0.39, 0.29) is 11.4 Å². The molecule has 3 rings (SSSR count). The molecule has 3 N–H and O–H groups in total. The molecule has 0 fully saturated rings. The third-order valence-corrected chi connectivity index (χ3v) is 2.83. The van der Waals surface area contributed by atoms with Crippen LogP contribution in [0, 0.1) is 11.2 Å². The van der Waals surface area contributed by atoms with Crippen LogP contribution in [-0.2, 0) is 0 Å². The fourth-order valence-corrected chi connectivity index (χ4v) is 1.96. The second-order valence-electron chi connectivity index (χ2n) is 4.07. The number of hydrogen-bond acceptors (Lipinski definition) is 3. The zero-order valence-electron chi connectivity index (χ0n) is 9.84. The van der Waals surface area contributed by atoms with Crippen LogP contribution in [-0.4, -0.2) is 20.8 Å². The van der Waals surface area contributed by atoms with Crippen molar-refractivity contribution in [3.05, 3.63) is 53.8 Å². The number of para-hydroxylation sites is 1. The molecule has 0 atom stereocenters. The maximum atomic E-state index is 13.3. The van der Waals surface area contributed by atoms with E-state index >= 15 is 0 Å². The van der Waals surface area contributed by atoms with Crippen molar-refractivity contribution in [2.75, 3.05) is 0 Å². The Balaban J connectivity index is 2.30. The summed E-state index contributed by atoms with van der Waals surface area (Å²) in [6.45, 7) is 0. The summed E-state index contributed by atoms with van der Waals surface area (Å²) >= 11 is 0. The van der Waals surface area contributed by atoms with Gasteiger partial charge < -0.3 is 5.73 Å². The number of benzene rings is 2. The first-order chi connectivity index (χ1) is 9.16. The van der Waals surface area contributed by atoms with E-state index in [4.69, 9.17) is 11.1 Å². The van der Waals surface area contributed by atoms with Gasteiger partial charge in [0.25, 0.3) is 0 Å². The Hall–Kier alpha value is -2.76. The third-order valence-electron chi connectivity index (χ3n) is 2.83. The van der Waals surface area contributed by atoms with E-state index in [1.807, 2.05) is 24.3 Å². The molecular formula is C13H10FN5. The van der Waals surface area contributed by atoms with Crippen LogP contribution in [0.3, 0.4) is 0 Å². The largest absolute Gasteiger partial charge is 0.384 e. The molecule has 0 aliphatic rings. The molecule has 0 radical (unpaired) electrons. The van der Waals surface area contributed by atoms with Gasteiger partial charge in [-0.05, 0) is 30.3 Å². The minimum atomic E-state index is -0.446. The standard InChI is InChI=1S/C13H10FN5/c14-8-5-6-11(9(7-8)13(15)16)19-12-4-2-1-3-10(12)17-18-19/h1-7H,(H3,15,16). The Kier molecular flexibility index (Phi) is 2.49. The molecule has 19 heavy (non-hydrogen) atoms. The third kappa shape index (κ3) is 1.83. The van der Waals surface area contributed by atoms with Crippen molar-refractivity contribution in [1.29, 1.82) is 5.41 Å². The summed E-state index contributed by atoms with van der Waals surface area (Å²) in [5.41, 5.74) is 7.80. The second kappa shape index (κ2) is 4.16. The van der Waals surface area contributed by atoms with Crippen LogP contribution in [0.4, 0.5) is 4.39 Å². The molecule has 0 saturated heterocycles. The molecule has 0 saturated carbocycles. The van der Waals surface area contributed by atoms with Crippen molar-refractivity contribution in [3.8, 4) is 5.69 Å². The van der Waals surface area contributed by atoms with E-state index < -0.39 is 5.82 Å². The lowest BCUT2D eigenvalue weighted by Gasteiger charge is -2.08. The highest BCUT2D eigenvalue weighted by molar-refractivity contribution is 5.99. The minimum absolute atomic E-state index is 0.214. The van der Waals surface area contributed by atoms with Crippen LogP contribution in [0.2, 0.25) is 0 Å². The zero-order chi connectivity index (χ0) is 13.4. The summed E-state index contributed by atoms with van der Waals surface area (Å²) in [5, 5.41) is 15.6. The topological polar surface area (TPSA) is 80.6 Å². The number of amidine groups is 1. The minimum Gasteiger partial charge on any atom is -0.384 e. The average Bonchev–Trinajstić information content (AvgIpc) is 2.82. The number of nitrogens with two attached hydrogens (primary N) is 1. The summed E-state index contributed by atoms with van der Waals surface area (Å²) in [7, 11) is 0. The molecule has 6 heteroatoms. The number of nitrogens with one attached hydrogen (secondary N) is 1. The number of hydrogen-bond donors (Lipinski definition) is 2. The van der Waals surface area contributed by atoms with E-state index in [1.54, 1.807) is 4.68 Å². The van der Waals surface area contributed by atoms with E-state index in [1.165, 1.54) is 18.2 Å². The molecule has 1 aromatic heterocycles. The van der Waals surface area contributed by atoms with E-state index in [0.717, 1.165) is 11.0 Å². The molecule has 0 bridgehead atoms. The van der Waals surface area contributed by atoms with Crippen LogP contribution < -0.4 is 5.73 Å². The Labute approximate surface area is 108 Å². The van der Waals surface area contributed by atoms with E-state index in [9.17, 15) is 4.39 Å². The number of nitrogens with zero attached hydrogens (tertiary/aromatic N) is 3. The van der Waals surface area contributed by atoms with Crippen LogP contribution >= 0.6 is 0 Å². The highest BCUT2D eigenvalue weighted by atomic mass is 19.1. The number of rotatable bonds is 2. The molecule has 5 nitrogen and oxygen atoms in total. The van der Waals surface area contributed by atoms with Crippen molar-refractivity contribution < 1.29 is 4.39 Å². The molecule has 3 aromatic rings. The normalized spacial score (nSPS) is 10.8. The van der Waals surface area contributed by atoms with Crippen LogP contribution in [0.15, 0.2) is 42.5 Å². The zero-order valence-corrected chi connectivity index (χ0v) is 9.84. The number of aromatic nitrogens is 3. The molecule has 0 unspecified atom stereocenters. The van der Waals surface area contributed by atoms with Gasteiger partial charge in [-0.15, -0.1) is 5.10 Å². The lowest BCUT2D eigenvalue weighted by Crippen LogP contribution is -2.15. The van der Waals surface area contributed by atoms with Crippen molar-refractivity contribution >= 4 is 16.9 Å². The maximum Gasteiger partial charge on any atom is 0.125 e. The summed E-state index contributed by atoms with van der Waals surface area (Å²) in [6, 6.07) is 11.5. The summed E-state index contributed by atoms with van der Waals surface area (Å²) in [6.07, 6.45) is 0. The van der Waals surface area contributed by atoms with Crippen molar-refractivity contribution in [3.63, 3.8) is 0 Å². The molecule has 0 amide bonds. The first-order valence-corrected chi connectivity index (χ1v) is 5.61. The lowest BCUT2D eigenvalue weighted by atomic mass is 10.1. The fraction of sp³-hybridized carbons (Fsp3) is 0. The van der Waals surface area contributed by atoms with Crippen LogP contribution in [0.5, 0.6) is 0 Å². The monoisotopic (exact) mass is 255 g/mol. The second-order valence-corrected chi connectivity index (χ2v) is 4.07. The van der Waals surface area contributed by atoms with Crippen LogP contribution in [0.1, 0.15) is 5.56 Å². The number of halogens is 1. The van der Waals surface area contributed by atoms with Gasteiger partial charge in [-0.3, -0.25) is 5.41 Å². The van der Waals surface area contributed by atoms with Crippen molar-refractivity contribution in [2.24, 2.45) is 5.73 Å². The smallest absolute Gasteiger partial charge is 0.125 e. The maximum absolute atomic E-state index is 13.3. The van der Waals surface area contributed by atoms with Crippen molar-refractivity contribution in [1.82, 2.24) is 15.0 Å². The molecule has 1 heterocycles. The summed E-state index contributed by atoms with van der Waals surface area (Å²) in [4.78, 5) is 0. The van der Waals surface area contributed by atoms with Gasteiger partial charge in [0.05, 0.1) is 11.2 Å². The van der Waals surface area contributed by atoms with Gasteiger partial charge in [0.15, 0.2) is 0 Å². The molecular weight excluding hydrogens is 245 g/mol. The molecule has 94 valence electrons. The molecule has 2 aromatic carbocycles. The fourth-order valence-electron chi connectivity index (χ4n) is 1.96. The molecule has 0 aliphatic carbocycles. The van der Waals surface area contributed by atoms with E-state index in [0.29, 0.717) is 5.69 Å². The number of fused-ring (bicyclic) bond motifs is 1. The quantitative estimate of drug-likeness (QED) is 0.541. The first-order valence-electron chi connectivity index (χ1n) is 5.61. The van der Waals surface area contributed by atoms with Gasteiger partial charge in [-0.1, -0.05) is 17.3 Å².